The molecule has 348 valence electrons. The van der Waals surface area contributed by atoms with Crippen LogP contribution in [0.25, 0.3) is 28.1 Å². The highest BCUT2D eigenvalue weighted by Crippen LogP contribution is 2.40. The van der Waals surface area contributed by atoms with Gasteiger partial charge in [-0.25, -0.2) is 10.1 Å². The Morgan fingerprint density at radius 3 is 1.17 bits per heavy atom. The second-order valence-corrected chi connectivity index (χ2v) is 19.3. The van der Waals surface area contributed by atoms with Crippen molar-refractivity contribution in [3.05, 3.63) is 262 Å². The highest BCUT2D eigenvalue weighted by atomic mass is 16.5. The largest absolute Gasteiger partial charge is 0.461 e. The molecule has 0 radical (unpaired) electrons. The van der Waals surface area contributed by atoms with Crippen LogP contribution in [0.2, 0.25) is 0 Å². The van der Waals surface area contributed by atoms with E-state index >= 15 is 0 Å². The van der Waals surface area contributed by atoms with Gasteiger partial charge in [0.25, 0.3) is 5.70 Å². The fourth-order valence-electron chi connectivity index (χ4n) is 8.00. The molecule has 7 heteroatoms. The Bertz CT molecular complexity index is 3280. The predicted molar refractivity (Wildman–Crippen MR) is 290 cm³/mol. The van der Waals surface area contributed by atoms with Gasteiger partial charge in [0, 0.05) is 50.5 Å². The van der Waals surface area contributed by atoms with E-state index in [0.717, 1.165) is 67.7 Å². The lowest BCUT2D eigenvalue weighted by Crippen LogP contribution is -2.15. The number of hydrogen-bond acceptors (Lipinski definition) is 6. The van der Waals surface area contributed by atoms with Gasteiger partial charge in [0.1, 0.15) is 23.0 Å². The average molecular weight is 926 g/mol. The van der Waals surface area contributed by atoms with E-state index < -0.39 is 0 Å². The molecule has 0 saturated carbocycles. The molecule has 0 aromatic heterocycles. The molecule has 0 atom stereocenters. The van der Waals surface area contributed by atoms with Crippen molar-refractivity contribution in [2.75, 3.05) is 9.80 Å². The topological polar surface area (TPSA) is 76.9 Å². The summed E-state index contributed by atoms with van der Waals surface area (Å²) >= 11 is 0. The number of nitriles is 2. The van der Waals surface area contributed by atoms with Gasteiger partial charge in [-0.1, -0.05) is 139 Å². The molecule has 0 fully saturated rings. The van der Waals surface area contributed by atoms with Gasteiger partial charge < -0.3 is 19.3 Å². The predicted octanol–water partition coefficient (Wildman–Crippen LogP) is 17.5. The van der Waals surface area contributed by atoms with Crippen molar-refractivity contribution in [2.45, 2.75) is 48.5 Å². The quantitative estimate of drug-likeness (QED) is 0.0952. The summed E-state index contributed by atoms with van der Waals surface area (Å²) in [5.41, 5.74) is 11.9. The summed E-state index contributed by atoms with van der Waals surface area (Å²) in [6.07, 6.45) is 15.3. The molecule has 6 aromatic carbocycles. The fraction of sp³-hybridized carbons (Fsp3) is 0.141. The second kappa shape index (κ2) is 21.1. The molecule has 0 N–H and O–H groups in total. The van der Waals surface area contributed by atoms with Gasteiger partial charge in [0.2, 0.25) is 0 Å². The lowest BCUT2D eigenvalue weighted by Gasteiger charge is -2.27. The molecule has 0 aliphatic carbocycles. The van der Waals surface area contributed by atoms with Gasteiger partial charge in [0.05, 0.1) is 18.7 Å². The molecule has 0 spiro atoms. The van der Waals surface area contributed by atoms with E-state index in [2.05, 4.69) is 175 Å². The van der Waals surface area contributed by atoms with Crippen LogP contribution in [0, 0.1) is 40.1 Å². The number of nitrogens with zero attached hydrogens (tertiary/aromatic N) is 5. The Balaban J connectivity index is 1.01. The number of benzene rings is 6. The van der Waals surface area contributed by atoms with Crippen LogP contribution < -0.4 is 9.80 Å². The maximum absolute atomic E-state index is 9.60. The van der Waals surface area contributed by atoms with Crippen molar-refractivity contribution >= 4 is 46.3 Å². The molecule has 2 aliphatic rings. The first-order valence-corrected chi connectivity index (χ1v) is 23.5. The molecule has 2 aliphatic heterocycles. The smallest absolute Gasteiger partial charge is 0.269 e. The SMILES string of the molecule is [C-]#[N+]C(C#N)=C1C=C(/C=C/c2ccc(N(c3ccccc3)c3ccc(-c4ccc(N(c5ccccc5)c5ccc(/C=C/C6=CC(=C(/C)C#N)/C=C(C(C)(C)C)O6)cc5)cc4)cc3)cc2)OC(C(C)(C)C)=C1. The molecule has 7 nitrogen and oxygen atoms in total. The van der Waals surface area contributed by atoms with Crippen molar-refractivity contribution in [2.24, 2.45) is 10.8 Å². The Morgan fingerprint density at radius 1 is 0.465 bits per heavy atom. The third-order valence-electron chi connectivity index (χ3n) is 12.0. The zero-order valence-corrected chi connectivity index (χ0v) is 41.2. The first-order valence-electron chi connectivity index (χ1n) is 23.5. The molecule has 0 bridgehead atoms. The molecule has 0 unspecified atom stereocenters. The molecule has 71 heavy (non-hydrogen) atoms. The minimum absolute atomic E-state index is 0.0332. The van der Waals surface area contributed by atoms with Crippen LogP contribution >= 0.6 is 0 Å². The van der Waals surface area contributed by atoms with Crippen molar-refractivity contribution < 1.29 is 9.47 Å². The second-order valence-electron chi connectivity index (χ2n) is 19.3. The van der Waals surface area contributed by atoms with Crippen LogP contribution in [0.4, 0.5) is 34.1 Å². The molecular weight excluding hydrogens is 871 g/mol. The van der Waals surface area contributed by atoms with Gasteiger partial charge in [-0.15, -0.1) is 0 Å². The lowest BCUT2D eigenvalue weighted by atomic mass is 9.90. The fourth-order valence-corrected chi connectivity index (χ4v) is 8.00. The van der Waals surface area contributed by atoms with E-state index in [0.29, 0.717) is 28.4 Å². The number of hydrogen-bond donors (Lipinski definition) is 0. The molecule has 6 aromatic rings. The van der Waals surface area contributed by atoms with E-state index in [1.165, 1.54) is 0 Å². The van der Waals surface area contributed by atoms with Gasteiger partial charge in [-0.3, -0.25) is 0 Å². The van der Waals surface area contributed by atoms with Crippen LogP contribution in [-0.2, 0) is 9.47 Å². The Morgan fingerprint density at radius 2 is 0.817 bits per heavy atom. The van der Waals surface area contributed by atoms with Crippen molar-refractivity contribution in [1.82, 2.24) is 0 Å². The highest BCUT2D eigenvalue weighted by Gasteiger charge is 2.25. The zero-order valence-electron chi connectivity index (χ0n) is 41.2. The average Bonchev–Trinajstić information content (AvgIpc) is 3.39. The highest BCUT2D eigenvalue weighted by molar-refractivity contribution is 5.81. The lowest BCUT2D eigenvalue weighted by molar-refractivity contribution is 0.223. The van der Waals surface area contributed by atoms with Gasteiger partial charge in [0.15, 0.2) is 0 Å². The van der Waals surface area contributed by atoms with Gasteiger partial charge in [-0.05, 0) is 150 Å². The van der Waals surface area contributed by atoms with E-state index in [-0.39, 0.29) is 16.5 Å². The van der Waals surface area contributed by atoms with Crippen LogP contribution in [0.1, 0.15) is 59.6 Å². The maximum atomic E-state index is 9.60. The first-order chi connectivity index (χ1) is 34.2. The summed E-state index contributed by atoms with van der Waals surface area (Å²) in [6, 6.07) is 59.2. The summed E-state index contributed by atoms with van der Waals surface area (Å²) in [5.74, 6) is 2.77. The number of allylic oxidation sites excluding steroid dienone is 12. The molecular formula is C64H55N5O2. The van der Waals surface area contributed by atoms with Crippen LogP contribution in [0.3, 0.4) is 0 Å². The van der Waals surface area contributed by atoms with Crippen molar-refractivity contribution in [3.8, 4) is 23.3 Å². The molecule has 8 rings (SSSR count). The number of para-hydroxylation sites is 2. The normalized spacial score (nSPS) is 15.2. The van der Waals surface area contributed by atoms with Gasteiger partial charge >= 0.3 is 0 Å². The van der Waals surface area contributed by atoms with Crippen molar-refractivity contribution in [1.29, 1.82) is 10.5 Å². The minimum atomic E-state index is -0.310. The Labute approximate surface area is 419 Å². The summed E-state index contributed by atoms with van der Waals surface area (Å²) in [5, 5.41) is 19.2. The first kappa shape index (κ1) is 48.4. The standard InChI is InChI=1S/C64H55N5O2/c1-45(43-65)50-39-58(70-61(41-50)63(2,3)4)37-23-46-19-29-54(30-20-46)68(52-15-11-9-12-16-52)56-33-25-48(26-34-56)49-27-35-57(36-28-49)69(53-17-13-10-14-18-53)55-31-21-47(22-32-55)24-38-59-40-51(60(44-66)67-8)42-62(71-59)64(5,6)7/h9-42H,1-7H3/b37-23+,38-24+,50-45+,60-51?. The zero-order chi connectivity index (χ0) is 50.1. The summed E-state index contributed by atoms with van der Waals surface area (Å²) in [4.78, 5) is 7.93. The van der Waals surface area contributed by atoms with Crippen molar-refractivity contribution in [3.63, 3.8) is 0 Å². The third kappa shape index (κ3) is 11.6. The van der Waals surface area contributed by atoms with E-state index in [9.17, 15) is 10.5 Å². The summed E-state index contributed by atoms with van der Waals surface area (Å²) < 4.78 is 12.5. The summed E-state index contributed by atoms with van der Waals surface area (Å²) in [6.45, 7) is 21.7. The number of ether oxygens (including phenoxy) is 2. The molecule has 0 amide bonds. The Hall–Kier alpha value is -9.09. The van der Waals surface area contributed by atoms with Gasteiger partial charge in [-0.2, -0.15) is 5.26 Å². The van der Waals surface area contributed by atoms with E-state index in [1.54, 1.807) is 12.2 Å². The van der Waals surface area contributed by atoms with E-state index in [4.69, 9.17) is 16.0 Å². The molecule has 2 heterocycles. The molecule has 0 saturated heterocycles. The van der Waals surface area contributed by atoms with Crippen LogP contribution in [0.5, 0.6) is 0 Å². The third-order valence-corrected chi connectivity index (χ3v) is 12.0. The number of rotatable bonds is 11. The monoisotopic (exact) mass is 925 g/mol. The maximum Gasteiger partial charge on any atom is 0.269 e. The minimum Gasteiger partial charge on any atom is -0.461 e. The van der Waals surface area contributed by atoms with Crippen LogP contribution in [0.15, 0.2) is 240 Å². The van der Waals surface area contributed by atoms with Crippen LogP contribution in [-0.4, -0.2) is 0 Å². The Kier molecular flexibility index (Phi) is 14.3. The number of anilines is 6. The summed E-state index contributed by atoms with van der Waals surface area (Å²) in [7, 11) is 0. The van der Waals surface area contributed by atoms with E-state index in [1.807, 2.05) is 94.5 Å².